The minimum absolute atomic E-state index is 0.115. The molecule has 0 aromatic heterocycles. The van der Waals surface area contributed by atoms with E-state index in [9.17, 15) is 4.79 Å². The second kappa shape index (κ2) is 7.09. The molecule has 2 rings (SSSR count). The molecule has 2 N–H and O–H groups in total. The SMILES string of the molecule is O=C(NC(=S)Nc1cccc(Cl)c1Cl)c1cccc(Cl)c1. The monoisotopic (exact) mass is 358 g/mol. The molecule has 0 atom stereocenters. The van der Waals surface area contributed by atoms with E-state index in [1.54, 1.807) is 42.5 Å². The number of thiocarbonyl (C=S) groups is 1. The van der Waals surface area contributed by atoms with Gasteiger partial charge in [0, 0.05) is 10.6 Å². The van der Waals surface area contributed by atoms with Crippen molar-refractivity contribution in [2.45, 2.75) is 0 Å². The van der Waals surface area contributed by atoms with Crippen LogP contribution in [0, 0.1) is 0 Å². The quantitative estimate of drug-likeness (QED) is 0.759. The molecule has 0 aliphatic carbocycles. The molecular formula is C14H9Cl3N2OS. The van der Waals surface area contributed by atoms with Crippen molar-refractivity contribution in [3.05, 3.63) is 63.1 Å². The summed E-state index contributed by atoms with van der Waals surface area (Å²) in [4.78, 5) is 12.0. The molecule has 0 aliphatic heterocycles. The number of anilines is 1. The molecule has 7 heteroatoms. The van der Waals surface area contributed by atoms with Crippen molar-refractivity contribution in [2.75, 3.05) is 5.32 Å². The fourth-order valence-electron chi connectivity index (χ4n) is 1.56. The molecule has 0 spiro atoms. The molecule has 1 amide bonds. The number of carbonyl (C=O) groups excluding carboxylic acids is 1. The Morgan fingerprint density at radius 2 is 1.76 bits per heavy atom. The molecule has 2 aromatic rings. The molecule has 0 fully saturated rings. The van der Waals surface area contributed by atoms with E-state index >= 15 is 0 Å². The second-order valence-electron chi connectivity index (χ2n) is 4.02. The van der Waals surface area contributed by atoms with E-state index in [-0.39, 0.29) is 11.0 Å². The highest BCUT2D eigenvalue weighted by Gasteiger charge is 2.10. The molecular weight excluding hydrogens is 351 g/mol. The summed E-state index contributed by atoms with van der Waals surface area (Å²) in [7, 11) is 0. The second-order valence-corrected chi connectivity index (χ2v) is 5.65. The van der Waals surface area contributed by atoms with Crippen LogP contribution in [0.15, 0.2) is 42.5 Å². The molecule has 3 nitrogen and oxygen atoms in total. The van der Waals surface area contributed by atoms with Crippen molar-refractivity contribution in [1.29, 1.82) is 0 Å². The standard InChI is InChI=1S/C14H9Cl3N2OS/c15-9-4-1-3-8(7-9)13(20)19-14(21)18-11-6-2-5-10(16)12(11)17/h1-7H,(H2,18,19,20,21). The Morgan fingerprint density at radius 1 is 1.05 bits per heavy atom. The van der Waals surface area contributed by atoms with E-state index in [0.29, 0.717) is 26.3 Å². The number of carbonyl (C=O) groups is 1. The summed E-state index contributed by atoms with van der Waals surface area (Å²) >= 11 is 22.8. The average molecular weight is 360 g/mol. The fourth-order valence-corrected chi connectivity index (χ4v) is 2.30. The lowest BCUT2D eigenvalue weighted by Gasteiger charge is -2.11. The van der Waals surface area contributed by atoms with Gasteiger partial charge in [0.25, 0.3) is 5.91 Å². The lowest BCUT2D eigenvalue weighted by molar-refractivity contribution is 0.0977. The van der Waals surface area contributed by atoms with E-state index in [4.69, 9.17) is 47.0 Å². The first-order valence-corrected chi connectivity index (χ1v) is 7.33. The zero-order chi connectivity index (χ0) is 15.4. The first kappa shape index (κ1) is 16.0. The number of halogens is 3. The Morgan fingerprint density at radius 3 is 2.48 bits per heavy atom. The maximum atomic E-state index is 12.0. The van der Waals surface area contributed by atoms with Gasteiger partial charge in [-0.1, -0.05) is 46.9 Å². The lowest BCUT2D eigenvalue weighted by Crippen LogP contribution is -2.34. The van der Waals surface area contributed by atoms with Crippen LogP contribution >= 0.6 is 47.0 Å². The van der Waals surface area contributed by atoms with Crippen molar-refractivity contribution in [3.8, 4) is 0 Å². The van der Waals surface area contributed by atoms with Gasteiger partial charge in [0.1, 0.15) is 0 Å². The zero-order valence-corrected chi connectivity index (χ0v) is 13.6. The van der Waals surface area contributed by atoms with Gasteiger partial charge in [-0.05, 0) is 42.5 Å². The van der Waals surface area contributed by atoms with E-state index in [1.165, 1.54) is 0 Å². The van der Waals surface area contributed by atoms with Crippen molar-refractivity contribution >= 4 is 63.7 Å². The van der Waals surface area contributed by atoms with Crippen LogP contribution in [0.25, 0.3) is 0 Å². The van der Waals surface area contributed by atoms with E-state index in [1.807, 2.05) is 0 Å². The number of amides is 1. The molecule has 0 aliphatic rings. The van der Waals surface area contributed by atoms with Gasteiger partial charge in [-0.3, -0.25) is 10.1 Å². The molecule has 21 heavy (non-hydrogen) atoms. The molecule has 0 radical (unpaired) electrons. The van der Waals surface area contributed by atoms with Crippen molar-refractivity contribution < 1.29 is 4.79 Å². The third-order valence-electron chi connectivity index (χ3n) is 2.51. The van der Waals surface area contributed by atoms with Crippen molar-refractivity contribution in [2.24, 2.45) is 0 Å². The predicted molar refractivity (Wildman–Crippen MR) is 91.6 cm³/mol. The summed E-state index contributed by atoms with van der Waals surface area (Å²) in [5.41, 5.74) is 0.921. The average Bonchev–Trinajstić information content (AvgIpc) is 2.44. The van der Waals surface area contributed by atoms with Crippen LogP contribution in [0.4, 0.5) is 5.69 Å². The van der Waals surface area contributed by atoms with Crippen LogP contribution in [0.1, 0.15) is 10.4 Å². The molecule has 108 valence electrons. The highest BCUT2D eigenvalue weighted by atomic mass is 35.5. The van der Waals surface area contributed by atoms with Gasteiger partial charge in [-0.2, -0.15) is 0 Å². The predicted octanol–water partition coefficient (Wildman–Crippen LogP) is 4.77. The summed E-state index contributed by atoms with van der Waals surface area (Å²) in [5.74, 6) is -0.367. The number of hydrogen-bond donors (Lipinski definition) is 2. The molecule has 0 saturated carbocycles. The smallest absolute Gasteiger partial charge is 0.257 e. The van der Waals surface area contributed by atoms with Crippen molar-refractivity contribution in [3.63, 3.8) is 0 Å². The van der Waals surface area contributed by atoms with Gasteiger partial charge in [0.15, 0.2) is 5.11 Å². The van der Waals surface area contributed by atoms with Gasteiger partial charge < -0.3 is 5.32 Å². The summed E-state index contributed by atoms with van der Waals surface area (Å²) in [5, 5.41) is 6.67. The van der Waals surface area contributed by atoms with Crippen LogP contribution < -0.4 is 10.6 Å². The van der Waals surface area contributed by atoms with E-state index in [2.05, 4.69) is 10.6 Å². The highest BCUT2D eigenvalue weighted by Crippen LogP contribution is 2.29. The molecule has 0 bridgehead atoms. The molecule has 0 saturated heterocycles. The summed E-state index contributed by atoms with van der Waals surface area (Å²) in [6.45, 7) is 0. The van der Waals surface area contributed by atoms with Crippen LogP contribution in [0.2, 0.25) is 15.1 Å². The third kappa shape index (κ3) is 4.32. The number of rotatable bonds is 2. The molecule has 0 heterocycles. The highest BCUT2D eigenvalue weighted by molar-refractivity contribution is 7.80. The van der Waals surface area contributed by atoms with Crippen LogP contribution in [-0.4, -0.2) is 11.0 Å². The molecule has 0 unspecified atom stereocenters. The zero-order valence-electron chi connectivity index (χ0n) is 10.5. The van der Waals surface area contributed by atoms with Crippen LogP contribution in [0.3, 0.4) is 0 Å². The third-order valence-corrected chi connectivity index (χ3v) is 3.77. The minimum atomic E-state index is -0.367. The van der Waals surface area contributed by atoms with E-state index in [0.717, 1.165) is 0 Å². The first-order valence-electron chi connectivity index (χ1n) is 5.79. The normalized spacial score (nSPS) is 10.0. The fraction of sp³-hybridized carbons (Fsp3) is 0. The van der Waals surface area contributed by atoms with Gasteiger partial charge in [-0.15, -0.1) is 0 Å². The molecule has 2 aromatic carbocycles. The number of nitrogens with one attached hydrogen (secondary N) is 2. The number of benzene rings is 2. The largest absolute Gasteiger partial charge is 0.331 e. The minimum Gasteiger partial charge on any atom is -0.331 e. The van der Waals surface area contributed by atoms with Crippen LogP contribution in [-0.2, 0) is 0 Å². The maximum Gasteiger partial charge on any atom is 0.257 e. The Labute approximate surface area is 142 Å². The van der Waals surface area contributed by atoms with Gasteiger partial charge in [0.05, 0.1) is 15.7 Å². The van der Waals surface area contributed by atoms with Gasteiger partial charge >= 0.3 is 0 Å². The lowest BCUT2D eigenvalue weighted by atomic mass is 10.2. The van der Waals surface area contributed by atoms with Crippen LogP contribution in [0.5, 0.6) is 0 Å². The van der Waals surface area contributed by atoms with E-state index < -0.39 is 0 Å². The topological polar surface area (TPSA) is 41.1 Å². The summed E-state index contributed by atoms with van der Waals surface area (Å²) in [6.07, 6.45) is 0. The summed E-state index contributed by atoms with van der Waals surface area (Å²) < 4.78 is 0. The first-order chi connectivity index (χ1) is 9.97. The summed E-state index contributed by atoms with van der Waals surface area (Å²) in [6, 6.07) is 11.6. The number of hydrogen-bond acceptors (Lipinski definition) is 2. The maximum absolute atomic E-state index is 12.0. The Balaban J connectivity index is 2.05. The van der Waals surface area contributed by atoms with Crippen molar-refractivity contribution in [1.82, 2.24) is 5.32 Å². The Kier molecular flexibility index (Phi) is 5.42. The Hall–Kier alpha value is -1.33. The Bertz CT molecular complexity index is 706. The van der Waals surface area contributed by atoms with Gasteiger partial charge in [0.2, 0.25) is 0 Å². The van der Waals surface area contributed by atoms with Gasteiger partial charge in [-0.25, -0.2) is 0 Å².